The van der Waals surface area contributed by atoms with Crippen molar-refractivity contribution in [1.29, 1.82) is 0 Å². The topological polar surface area (TPSA) is 47.0 Å². The van der Waals surface area contributed by atoms with Crippen LogP contribution in [0.15, 0.2) is 0 Å². The van der Waals surface area contributed by atoms with E-state index in [1.165, 1.54) is 47.9 Å². The third kappa shape index (κ3) is 1.90. The summed E-state index contributed by atoms with van der Waals surface area (Å²) in [4.78, 5) is 12.4. The van der Waals surface area contributed by atoms with Crippen LogP contribution in [-0.4, -0.2) is 24.1 Å². The van der Waals surface area contributed by atoms with Gasteiger partial charge in [0.25, 0.3) is 0 Å². The molecule has 0 aromatic carbocycles. The number of hydrogen-bond acceptors (Lipinski definition) is 5. The van der Waals surface area contributed by atoms with Gasteiger partial charge in [-0.05, 0) is 50.5 Å². The molecule has 0 atom stereocenters. The first kappa shape index (κ1) is 13.5. The zero-order chi connectivity index (χ0) is 14.4. The first-order valence-electron chi connectivity index (χ1n) is 7.83. The molecule has 2 heterocycles. The van der Waals surface area contributed by atoms with Gasteiger partial charge in [0.2, 0.25) is 0 Å². The van der Waals surface area contributed by atoms with Crippen LogP contribution in [0.3, 0.4) is 0 Å². The Hall–Kier alpha value is -1.20. The Kier molecular flexibility index (Phi) is 3.15. The number of methoxy groups -OCH3 is 1. The van der Waals surface area contributed by atoms with Crippen molar-refractivity contribution in [3.63, 3.8) is 0 Å². The maximum absolute atomic E-state index is 5.86. The second-order valence-corrected chi connectivity index (χ2v) is 7.17. The number of hydrogen-bond donors (Lipinski definition) is 1. The summed E-state index contributed by atoms with van der Waals surface area (Å²) < 4.78 is 5.86. The molecule has 0 radical (unpaired) electrons. The van der Waals surface area contributed by atoms with Crippen LogP contribution in [0.25, 0.3) is 10.2 Å². The lowest BCUT2D eigenvalue weighted by molar-refractivity contribution is -0.0158. The van der Waals surface area contributed by atoms with E-state index < -0.39 is 0 Å². The number of rotatable bonds is 3. The van der Waals surface area contributed by atoms with Gasteiger partial charge in [-0.25, -0.2) is 9.97 Å². The molecule has 0 spiro atoms. The first-order valence-corrected chi connectivity index (χ1v) is 8.65. The second-order valence-electron chi connectivity index (χ2n) is 6.09. The molecular weight excluding hydrogens is 282 g/mol. The molecule has 4 rings (SSSR count). The largest absolute Gasteiger partial charge is 0.372 e. The van der Waals surface area contributed by atoms with Gasteiger partial charge in [-0.2, -0.15) is 0 Å². The van der Waals surface area contributed by atoms with Crippen LogP contribution in [-0.2, 0) is 23.2 Å². The average molecular weight is 303 g/mol. The predicted octanol–water partition coefficient (Wildman–Crippen LogP) is 3.64. The number of aryl methyl sites for hydroxylation is 2. The van der Waals surface area contributed by atoms with Crippen molar-refractivity contribution < 1.29 is 4.74 Å². The number of aromatic nitrogens is 2. The Balaban J connectivity index is 1.92. The second kappa shape index (κ2) is 4.92. The predicted molar refractivity (Wildman–Crippen MR) is 86.1 cm³/mol. The van der Waals surface area contributed by atoms with Gasteiger partial charge in [0.05, 0.1) is 5.39 Å². The van der Waals surface area contributed by atoms with E-state index in [1.807, 2.05) is 18.4 Å². The van der Waals surface area contributed by atoms with Crippen molar-refractivity contribution in [2.75, 3.05) is 19.5 Å². The third-order valence-corrected chi connectivity index (χ3v) is 6.20. The van der Waals surface area contributed by atoms with Crippen molar-refractivity contribution in [3.05, 3.63) is 16.3 Å². The van der Waals surface area contributed by atoms with E-state index >= 15 is 0 Å². The monoisotopic (exact) mass is 303 g/mol. The highest BCUT2D eigenvalue weighted by Crippen LogP contribution is 2.44. The van der Waals surface area contributed by atoms with Gasteiger partial charge in [-0.1, -0.05) is 0 Å². The van der Waals surface area contributed by atoms with Gasteiger partial charge in [-0.3, -0.25) is 0 Å². The lowest BCUT2D eigenvalue weighted by Gasteiger charge is -2.26. The summed E-state index contributed by atoms with van der Waals surface area (Å²) in [6, 6.07) is 0. The highest BCUT2D eigenvalue weighted by atomic mass is 32.1. The fourth-order valence-electron chi connectivity index (χ4n) is 3.85. The van der Waals surface area contributed by atoms with E-state index in [4.69, 9.17) is 14.7 Å². The Labute approximate surface area is 128 Å². The van der Waals surface area contributed by atoms with Crippen molar-refractivity contribution in [2.45, 2.75) is 50.5 Å². The number of nitrogens with zero attached hydrogens (tertiary/aromatic N) is 2. The maximum atomic E-state index is 5.86. The first-order chi connectivity index (χ1) is 10.3. The molecule has 5 heteroatoms. The highest BCUT2D eigenvalue weighted by molar-refractivity contribution is 7.19. The van der Waals surface area contributed by atoms with Crippen LogP contribution >= 0.6 is 11.3 Å². The van der Waals surface area contributed by atoms with E-state index in [0.29, 0.717) is 0 Å². The van der Waals surface area contributed by atoms with Crippen molar-refractivity contribution >= 4 is 27.4 Å². The number of fused-ring (bicyclic) bond motifs is 3. The van der Waals surface area contributed by atoms with Crippen LogP contribution in [0, 0.1) is 0 Å². The third-order valence-electron chi connectivity index (χ3n) is 5.01. The maximum Gasteiger partial charge on any atom is 0.164 e. The molecule has 4 nitrogen and oxygen atoms in total. The quantitative estimate of drug-likeness (QED) is 0.940. The van der Waals surface area contributed by atoms with Gasteiger partial charge in [0.1, 0.15) is 16.2 Å². The summed E-state index contributed by atoms with van der Waals surface area (Å²) in [5.74, 6) is 1.86. The smallest absolute Gasteiger partial charge is 0.164 e. The Bertz CT molecular complexity index is 688. The van der Waals surface area contributed by atoms with Gasteiger partial charge in [-0.15, -0.1) is 11.3 Å². The van der Waals surface area contributed by atoms with Crippen LogP contribution in [0.5, 0.6) is 0 Å². The van der Waals surface area contributed by atoms with Crippen molar-refractivity contribution in [3.8, 4) is 0 Å². The summed E-state index contributed by atoms with van der Waals surface area (Å²) in [5, 5.41) is 4.54. The van der Waals surface area contributed by atoms with Gasteiger partial charge in [0, 0.05) is 19.0 Å². The zero-order valence-electron chi connectivity index (χ0n) is 12.7. The number of ether oxygens (including phenoxy) is 1. The fraction of sp³-hybridized carbons (Fsp3) is 0.625. The molecule has 0 unspecified atom stereocenters. The number of thiophene rings is 1. The van der Waals surface area contributed by atoms with Crippen LogP contribution < -0.4 is 5.32 Å². The van der Waals surface area contributed by atoms with E-state index in [1.54, 1.807) is 7.11 Å². The Morgan fingerprint density at radius 1 is 1.14 bits per heavy atom. The lowest BCUT2D eigenvalue weighted by Crippen LogP contribution is -2.27. The Morgan fingerprint density at radius 3 is 2.67 bits per heavy atom. The minimum absolute atomic E-state index is 0.270. The van der Waals surface area contributed by atoms with Crippen molar-refractivity contribution in [2.24, 2.45) is 0 Å². The molecule has 0 aliphatic heterocycles. The minimum Gasteiger partial charge on any atom is -0.372 e. The molecule has 2 aromatic heterocycles. The van der Waals surface area contributed by atoms with E-state index in [2.05, 4.69) is 5.32 Å². The average Bonchev–Trinajstić information content (AvgIpc) is 3.21. The molecule has 1 fully saturated rings. The van der Waals surface area contributed by atoms with Crippen molar-refractivity contribution in [1.82, 2.24) is 9.97 Å². The summed E-state index contributed by atoms with van der Waals surface area (Å²) >= 11 is 1.85. The summed E-state index contributed by atoms with van der Waals surface area (Å²) in [5.41, 5.74) is 1.21. The van der Waals surface area contributed by atoms with Gasteiger partial charge < -0.3 is 10.1 Å². The van der Waals surface area contributed by atoms with E-state index in [9.17, 15) is 0 Å². The molecular formula is C16H21N3OS. The molecule has 1 saturated carbocycles. The molecule has 0 amide bonds. The Morgan fingerprint density at radius 2 is 1.95 bits per heavy atom. The summed E-state index contributed by atoms with van der Waals surface area (Å²) in [6.45, 7) is 0. The molecule has 2 aliphatic carbocycles. The molecule has 2 aromatic rings. The lowest BCUT2D eigenvalue weighted by atomic mass is 10.0. The van der Waals surface area contributed by atoms with Crippen LogP contribution in [0.1, 0.15) is 48.4 Å². The molecule has 112 valence electrons. The zero-order valence-corrected chi connectivity index (χ0v) is 13.5. The summed E-state index contributed by atoms with van der Waals surface area (Å²) in [6.07, 6.45) is 8.10. The SMILES string of the molecule is CNc1nc(C2(OC)CCCC2)nc2sc3c(c12)CCC3. The van der Waals surface area contributed by atoms with Crippen LogP contribution in [0.4, 0.5) is 5.82 Å². The molecule has 0 bridgehead atoms. The van der Waals surface area contributed by atoms with Crippen LogP contribution in [0.2, 0.25) is 0 Å². The van der Waals surface area contributed by atoms with E-state index in [-0.39, 0.29) is 5.60 Å². The van der Waals surface area contributed by atoms with E-state index in [0.717, 1.165) is 29.3 Å². The summed E-state index contributed by atoms with van der Waals surface area (Å²) in [7, 11) is 3.75. The molecule has 0 saturated heterocycles. The fourth-order valence-corrected chi connectivity index (χ4v) is 5.11. The highest BCUT2D eigenvalue weighted by Gasteiger charge is 2.39. The molecule has 21 heavy (non-hydrogen) atoms. The minimum atomic E-state index is -0.270. The molecule has 1 N–H and O–H groups in total. The normalized spacial score (nSPS) is 20.1. The van der Waals surface area contributed by atoms with Gasteiger partial charge >= 0.3 is 0 Å². The number of anilines is 1. The van der Waals surface area contributed by atoms with Gasteiger partial charge in [0.15, 0.2) is 5.82 Å². The number of nitrogens with one attached hydrogen (secondary N) is 1. The molecule has 2 aliphatic rings. The standard InChI is InChI=1S/C16H21N3OS/c1-17-13-12-10-6-5-7-11(10)21-14(12)19-15(18-13)16(20-2)8-3-4-9-16/h3-9H2,1-2H3,(H,17,18,19).